The van der Waals surface area contributed by atoms with Crippen molar-refractivity contribution in [2.75, 3.05) is 13.2 Å². The lowest BCUT2D eigenvalue weighted by atomic mass is 10.1. The number of ether oxygens (including phenoxy) is 1. The zero-order valence-corrected chi connectivity index (χ0v) is 17.9. The number of nitrogens with zero attached hydrogens (tertiary/aromatic N) is 2. The Balaban J connectivity index is 1.95. The number of fused-ring (bicyclic) bond motifs is 1. The highest BCUT2D eigenvalue weighted by Crippen LogP contribution is 2.35. The predicted molar refractivity (Wildman–Crippen MR) is 112 cm³/mol. The number of para-hydroxylation sites is 1. The number of thiazole rings is 1. The summed E-state index contributed by atoms with van der Waals surface area (Å²) in [6, 6.07) is 8.24. The Labute approximate surface area is 164 Å². The Morgan fingerprint density at radius 3 is 2.73 bits per heavy atom. The van der Waals surface area contributed by atoms with E-state index in [0.29, 0.717) is 12.2 Å². The fourth-order valence-electron chi connectivity index (χ4n) is 2.38. The summed E-state index contributed by atoms with van der Waals surface area (Å²) in [7, 11) is 0. The van der Waals surface area contributed by atoms with Crippen molar-refractivity contribution in [2.45, 2.75) is 57.3 Å². The second-order valence-electron chi connectivity index (χ2n) is 7.06. The number of unbranched alkanes of at least 4 members (excludes halogenated alkanes) is 1. The van der Waals surface area contributed by atoms with E-state index in [4.69, 9.17) is 9.72 Å². The third-order valence-corrected chi connectivity index (χ3v) is 6.33. The van der Waals surface area contributed by atoms with Gasteiger partial charge in [0.1, 0.15) is 0 Å². The fourth-order valence-corrected chi connectivity index (χ4v) is 4.59. The van der Waals surface area contributed by atoms with Crippen molar-refractivity contribution in [1.82, 2.24) is 9.29 Å². The van der Waals surface area contributed by atoms with Gasteiger partial charge in [0.15, 0.2) is 4.34 Å². The van der Waals surface area contributed by atoms with Crippen molar-refractivity contribution in [3.05, 3.63) is 35.9 Å². The van der Waals surface area contributed by atoms with Gasteiger partial charge in [-0.15, -0.1) is 11.3 Å². The molecule has 1 aromatic heterocycles. The van der Waals surface area contributed by atoms with E-state index in [2.05, 4.69) is 43.3 Å². The molecule has 142 valence electrons. The highest BCUT2D eigenvalue weighted by atomic mass is 32.2. The second-order valence-corrected chi connectivity index (χ2v) is 9.36. The highest BCUT2D eigenvalue weighted by Gasteiger charge is 2.23. The van der Waals surface area contributed by atoms with E-state index >= 15 is 0 Å². The lowest BCUT2D eigenvalue weighted by molar-refractivity contribution is -0.138. The Bertz CT molecular complexity index is 730. The van der Waals surface area contributed by atoms with Gasteiger partial charge in [-0.25, -0.2) is 14.1 Å². The van der Waals surface area contributed by atoms with Crippen LogP contribution >= 0.6 is 23.3 Å². The maximum Gasteiger partial charge on any atom is 0.333 e. The molecule has 0 saturated heterocycles. The first kappa shape index (κ1) is 20.9. The van der Waals surface area contributed by atoms with E-state index in [9.17, 15) is 4.79 Å². The molecule has 0 spiro atoms. The van der Waals surface area contributed by atoms with Crippen LogP contribution in [-0.2, 0) is 9.53 Å². The molecular formula is C20H28N2O2S2. The van der Waals surface area contributed by atoms with Crippen LogP contribution in [0.4, 0.5) is 0 Å². The maximum atomic E-state index is 11.6. The van der Waals surface area contributed by atoms with Crippen LogP contribution in [-0.4, -0.2) is 33.9 Å². The van der Waals surface area contributed by atoms with Gasteiger partial charge < -0.3 is 4.74 Å². The number of hydrogen-bond acceptors (Lipinski definition) is 6. The normalized spacial score (nSPS) is 12.8. The molecule has 4 nitrogen and oxygen atoms in total. The van der Waals surface area contributed by atoms with E-state index < -0.39 is 0 Å². The predicted octanol–water partition coefficient (Wildman–Crippen LogP) is 5.69. The van der Waals surface area contributed by atoms with Crippen LogP contribution in [0.25, 0.3) is 10.2 Å². The van der Waals surface area contributed by atoms with Gasteiger partial charge in [0, 0.05) is 17.7 Å². The molecule has 0 aliphatic carbocycles. The Morgan fingerprint density at radius 1 is 1.35 bits per heavy atom. The van der Waals surface area contributed by atoms with Crippen molar-refractivity contribution in [3.63, 3.8) is 0 Å². The number of esters is 1. The van der Waals surface area contributed by atoms with E-state index in [1.54, 1.807) is 23.3 Å². The number of hydrogen-bond donors (Lipinski definition) is 0. The van der Waals surface area contributed by atoms with Crippen molar-refractivity contribution >= 4 is 39.5 Å². The molecule has 0 fully saturated rings. The summed E-state index contributed by atoms with van der Waals surface area (Å²) in [5.74, 6) is -0.218. The van der Waals surface area contributed by atoms with Gasteiger partial charge in [-0.05, 0) is 71.5 Å². The van der Waals surface area contributed by atoms with Crippen LogP contribution in [0.1, 0.15) is 47.5 Å². The average molecular weight is 393 g/mol. The summed E-state index contributed by atoms with van der Waals surface area (Å²) in [6.45, 7) is 11.6. The van der Waals surface area contributed by atoms with Gasteiger partial charge >= 0.3 is 5.97 Å². The highest BCUT2D eigenvalue weighted by molar-refractivity contribution is 7.99. The number of rotatable bonds is 8. The quantitative estimate of drug-likeness (QED) is 0.250. The molecule has 0 unspecified atom stereocenters. The second kappa shape index (κ2) is 9.53. The minimum absolute atomic E-state index is 0.0302. The van der Waals surface area contributed by atoms with E-state index in [-0.39, 0.29) is 11.5 Å². The molecule has 0 N–H and O–H groups in total. The molecule has 0 radical (unpaired) electrons. The summed E-state index contributed by atoms with van der Waals surface area (Å²) in [6.07, 6.45) is 3.81. The minimum Gasteiger partial charge on any atom is -0.463 e. The van der Waals surface area contributed by atoms with E-state index in [0.717, 1.165) is 29.2 Å². The largest absolute Gasteiger partial charge is 0.463 e. The number of aromatic nitrogens is 1. The van der Waals surface area contributed by atoms with Crippen LogP contribution in [0.3, 0.4) is 0 Å². The number of benzene rings is 1. The van der Waals surface area contributed by atoms with Crippen LogP contribution < -0.4 is 0 Å². The summed E-state index contributed by atoms with van der Waals surface area (Å²) in [5.41, 5.74) is 1.78. The topological polar surface area (TPSA) is 42.4 Å². The molecule has 0 bridgehead atoms. The SMILES string of the molecule is CCOC(=O)/C(C)=C/CCCN(Sc1nc2ccccc2s1)C(C)(C)C. The van der Waals surface area contributed by atoms with E-state index in [1.807, 2.05) is 26.0 Å². The molecule has 1 heterocycles. The molecule has 0 aliphatic heterocycles. The standard InChI is InChI=1S/C20H28N2O2S2/c1-6-24-18(23)15(2)11-9-10-14-22(20(3,4)5)26-19-21-16-12-7-8-13-17(16)25-19/h7-8,11-13H,6,9-10,14H2,1-5H3/b15-11+. The van der Waals surface area contributed by atoms with Crippen LogP contribution in [0.2, 0.25) is 0 Å². The maximum absolute atomic E-state index is 11.6. The first-order valence-corrected chi connectivity index (χ1v) is 10.6. The summed E-state index contributed by atoms with van der Waals surface area (Å²) in [5, 5.41) is 0. The smallest absolute Gasteiger partial charge is 0.333 e. The summed E-state index contributed by atoms with van der Waals surface area (Å²) < 4.78 is 9.68. The number of allylic oxidation sites excluding steroid dienone is 1. The van der Waals surface area contributed by atoms with Gasteiger partial charge in [-0.2, -0.15) is 0 Å². The monoisotopic (exact) mass is 392 g/mol. The van der Waals surface area contributed by atoms with Gasteiger partial charge in [0.05, 0.1) is 16.8 Å². The zero-order chi connectivity index (χ0) is 19.2. The van der Waals surface area contributed by atoms with Gasteiger partial charge in [0.25, 0.3) is 0 Å². The van der Waals surface area contributed by atoms with Crippen LogP contribution in [0, 0.1) is 0 Å². The average Bonchev–Trinajstić information content (AvgIpc) is 2.99. The van der Waals surface area contributed by atoms with E-state index in [1.165, 1.54) is 4.70 Å². The number of carbonyl (C=O) groups excluding carboxylic acids is 1. The Morgan fingerprint density at radius 2 is 2.08 bits per heavy atom. The molecule has 1 aromatic carbocycles. The van der Waals surface area contributed by atoms with Gasteiger partial charge in [0.2, 0.25) is 0 Å². The van der Waals surface area contributed by atoms with Crippen molar-refractivity contribution in [3.8, 4) is 0 Å². The lowest BCUT2D eigenvalue weighted by Crippen LogP contribution is -2.36. The minimum atomic E-state index is -0.218. The Hall–Kier alpha value is -1.37. The molecule has 6 heteroatoms. The molecule has 0 amide bonds. The molecule has 2 rings (SSSR count). The Kier molecular flexibility index (Phi) is 7.68. The third kappa shape index (κ3) is 6.11. The van der Waals surface area contributed by atoms with Crippen LogP contribution in [0.5, 0.6) is 0 Å². The van der Waals surface area contributed by atoms with Crippen molar-refractivity contribution < 1.29 is 9.53 Å². The summed E-state index contributed by atoms with van der Waals surface area (Å²) in [4.78, 5) is 16.4. The van der Waals surface area contributed by atoms with Crippen molar-refractivity contribution in [2.24, 2.45) is 0 Å². The third-order valence-electron chi connectivity index (χ3n) is 3.82. The van der Waals surface area contributed by atoms with Crippen LogP contribution in [0.15, 0.2) is 40.3 Å². The lowest BCUT2D eigenvalue weighted by Gasteiger charge is -2.33. The molecule has 0 saturated carbocycles. The molecule has 0 aliphatic rings. The molecular weight excluding hydrogens is 364 g/mol. The number of carbonyl (C=O) groups is 1. The first-order chi connectivity index (χ1) is 12.3. The molecule has 2 aromatic rings. The summed E-state index contributed by atoms with van der Waals surface area (Å²) >= 11 is 3.46. The zero-order valence-electron chi connectivity index (χ0n) is 16.2. The molecule has 0 atom stereocenters. The van der Waals surface area contributed by atoms with Crippen molar-refractivity contribution in [1.29, 1.82) is 0 Å². The first-order valence-electron chi connectivity index (χ1n) is 8.96. The van der Waals surface area contributed by atoms with Gasteiger partial charge in [-0.1, -0.05) is 18.2 Å². The van der Waals surface area contributed by atoms with Gasteiger partial charge in [-0.3, -0.25) is 0 Å². The molecule has 26 heavy (non-hydrogen) atoms. The fraction of sp³-hybridized carbons (Fsp3) is 0.500.